The van der Waals surface area contributed by atoms with Gasteiger partial charge in [0.25, 0.3) is 0 Å². The van der Waals surface area contributed by atoms with Crippen LogP contribution in [0, 0.1) is 0 Å². The number of halogens is 3. The molecule has 0 radical (unpaired) electrons. The summed E-state index contributed by atoms with van der Waals surface area (Å²) >= 11 is 0. The molecule has 0 unspecified atom stereocenters. The van der Waals surface area contributed by atoms with Crippen LogP contribution in [0.2, 0.25) is 0 Å². The molecule has 1 aliphatic heterocycles. The number of benzene rings is 1. The molecule has 1 aromatic carbocycles. The van der Waals surface area contributed by atoms with E-state index in [4.69, 9.17) is 0 Å². The molecule has 0 saturated carbocycles. The minimum atomic E-state index is -4.37. The molecule has 1 amide bonds. The second-order valence-electron chi connectivity index (χ2n) is 5.83. The minimum absolute atomic E-state index is 0.00201. The maximum atomic E-state index is 12.7. The van der Waals surface area contributed by atoms with Crippen LogP contribution in [0.25, 0.3) is 0 Å². The van der Waals surface area contributed by atoms with E-state index in [1.807, 2.05) is 6.92 Å². The van der Waals surface area contributed by atoms with Gasteiger partial charge in [-0.05, 0) is 37.5 Å². The number of aliphatic imine (C=N–C) groups is 1. The van der Waals surface area contributed by atoms with Gasteiger partial charge in [0, 0.05) is 19.6 Å². The monoisotopic (exact) mass is 356 g/mol. The standard InChI is InChI=1S/C17H23F3N4O/c1-2-21-16(23-12-15(25)24-8-3-4-9-24)22-11-13-6-5-7-14(10-13)17(18,19)20/h5-7,10H,2-4,8-9,11-12H2,1H3,(H2,21,22,23). The van der Waals surface area contributed by atoms with Gasteiger partial charge in [0.1, 0.15) is 0 Å². The Balaban J connectivity index is 1.95. The van der Waals surface area contributed by atoms with Crippen molar-refractivity contribution in [1.82, 2.24) is 15.5 Å². The van der Waals surface area contributed by atoms with Crippen LogP contribution in [0.1, 0.15) is 30.9 Å². The molecule has 1 aliphatic rings. The first-order chi connectivity index (χ1) is 11.9. The molecular formula is C17H23F3N4O. The molecule has 138 valence electrons. The van der Waals surface area contributed by atoms with Crippen LogP contribution in [0.4, 0.5) is 13.2 Å². The van der Waals surface area contributed by atoms with E-state index in [1.165, 1.54) is 6.07 Å². The van der Waals surface area contributed by atoms with Crippen molar-refractivity contribution in [3.05, 3.63) is 35.4 Å². The van der Waals surface area contributed by atoms with Crippen LogP contribution in [0.15, 0.2) is 29.3 Å². The molecule has 1 aromatic rings. The van der Waals surface area contributed by atoms with E-state index in [9.17, 15) is 18.0 Å². The molecule has 1 fully saturated rings. The first kappa shape index (κ1) is 19.1. The lowest BCUT2D eigenvalue weighted by Gasteiger charge is -2.17. The summed E-state index contributed by atoms with van der Waals surface area (Å²) in [5.41, 5.74) is -0.236. The number of rotatable bonds is 5. The Hall–Kier alpha value is -2.25. The van der Waals surface area contributed by atoms with Gasteiger partial charge in [-0.3, -0.25) is 4.79 Å². The van der Waals surface area contributed by atoms with Gasteiger partial charge in [-0.25, -0.2) is 4.99 Å². The number of hydrogen-bond acceptors (Lipinski definition) is 2. The normalized spacial score (nSPS) is 15.4. The maximum absolute atomic E-state index is 12.7. The summed E-state index contributed by atoms with van der Waals surface area (Å²) in [6.45, 7) is 4.23. The number of guanidine groups is 1. The summed E-state index contributed by atoms with van der Waals surface area (Å²) in [6, 6.07) is 5.08. The zero-order valence-electron chi connectivity index (χ0n) is 14.2. The third-order valence-corrected chi connectivity index (χ3v) is 3.88. The lowest BCUT2D eigenvalue weighted by molar-refractivity contribution is -0.137. The van der Waals surface area contributed by atoms with E-state index in [0.29, 0.717) is 18.1 Å². The van der Waals surface area contributed by atoms with E-state index in [1.54, 1.807) is 11.0 Å². The van der Waals surface area contributed by atoms with Gasteiger partial charge in [-0.15, -0.1) is 0 Å². The average Bonchev–Trinajstić information content (AvgIpc) is 3.11. The summed E-state index contributed by atoms with van der Waals surface area (Å²) < 4.78 is 38.2. The predicted octanol–water partition coefficient (Wildman–Crippen LogP) is 2.38. The topological polar surface area (TPSA) is 56.7 Å². The zero-order valence-corrected chi connectivity index (χ0v) is 14.2. The maximum Gasteiger partial charge on any atom is 0.416 e. The molecule has 1 heterocycles. The van der Waals surface area contributed by atoms with Crippen LogP contribution in [-0.4, -0.2) is 42.9 Å². The van der Waals surface area contributed by atoms with Gasteiger partial charge in [-0.1, -0.05) is 12.1 Å². The zero-order chi connectivity index (χ0) is 18.3. The highest BCUT2D eigenvalue weighted by molar-refractivity contribution is 5.86. The number of likely N-dealkylation sites (tertiary alicyclic amines) is 1. The number of nitrogens with zero attached hydrogens (tertiary/aromatic N) is 2. The highest BCUT2D eigenvalue weighted by atomic mass is 19.4. The number of hydrogen-bond donors (Lipinski definition) is 2. The number of carbonyl (C=O) groups excluding carboxylic acids is 1. The fourth-order valence-corrected chi connectivity index (χ4v) is 2.60. The summed E-state index contributed by atoms with van der Waals surface area (Å²) in [7, 11) is 0. The van der Waals surface area contributed by atoms with E-state index in [-0.39, 0.29) is 19.0 Å². The fourth-order valence-electron chi connectivity index (χ4n) is 2.60. The lowest BCUT2D eigenvalue weighted by atomic mass is 10.1. The van der Waals surface area contributed by atoms with Crippen LogP contribution in [-0.2, 0) is 17.5 Å². The molecule has 5 nitrogen and oxygen atoms in total. The largest absolute Gasteiger partial charge is 0.416 e. The number of carbonyl (C=O) groups is 1. The Kier molecular flexibility index (Phi) is 6.66. The first-order valence-corrected chi connectivity index (χ1v) is 8.36. The molecule has 0 spiro atoms. The van der Waals surface area contributed by atoms with Crippen molar-refractivity contribution in [2.24, 2.45) is 4.99 Å². The Morgan fingerprint density at radius 2 is 1.96 bits per heavy atom. The molecule has 2 rings (SSSR count). The van der Waals surface area contributed by atoms with Gasteiger partial charge in [0.05, 0.1) is 18.7 Å². The van der Waals surface area contributed by atoms with Crippen LogP contribution in [0.5, 0.6) is 0 Å². The predicted molar refractivity (Wildman–Crippen MR) is 90.1 cm³/mol. The third kappa shape index (κ3) is 5.95. The molecule has 1 saturated heterocycles. The Morgan fingerprint density at radius 1 is 1.24 bits per heavy atom. The fraction of sp³-hybridized carbons (Fsp3) is 0.529. The molecule has 0 aliphatic carbocycles. The number of amides is 1. The SMILES string of the molecule is CCNC(=NCc1cccc(C(F)(F)F)c1)NCC(=O)N1CCCC1. The summed E-state index contributed by atoms with van der Waals surface area (Å²) in [4.78, 5) is 18.1. The van der Waals surface area contributed by atoms with Crippen molar-refractivity contribution in [3.63, 3.8) is 0 Å². The molecule has 0 atom stereocenters. The second-order valence-corrected chi connectivity index (χ2v) is 5.83. The molecule has 0 bridgehead atoms. The van der Waals surface area contributed by atoms with Gasteiger partial charge in [-0.2, -0.15) is 13.2 Å². The molecular weight excluding hydrogens is 333 g/mol. The Bertz CT molecular complexity index is 610. The van der Waals surface area contributed by atoms with Gasteiger partial charge < -0.3 is 15.5 Å². The minimum Gasteiger partial charge on any atom is -0.357 e. The van der Waals surface area contributed by atoms with Gasteiger partial charge in [0.2, 0.25) is 5.91 Å². The average molecular weight is 356 g/mol. The van der Waals surface area contributed by atoms with Crippen molar-refractivity contribution < 1.29 is 18.0 Å². The van der Waals surface area contributed by atoms with E-state index >= 15 is 0 Å². The first-order valence-electron chi connectivity index (χ1n) is 8.36. The summed E-state index contributed by atoms with van der Waals surface area (Å²) in [5, 5.41) is 5.93. The second kappa shape index (κ2) is 8.73. The smallest absolute Gasteiger partial charge is 0.357 e. The Labute approximate surface area is 145 Å². The van der Waals surface area contributed by atoms with Crippen LogP contribution >= 0.6 is 0 Å². The van der Waals surface area contributed by atoms with E-state index in [0.717, 1.165) is 38.1 Å². The third-order valence-electron chi connectivity index (χ3n) is 3.88. The van der Waals surface area contributed by atoms with Crippen LogP contribution in [0.3, 0.4) is 0 Å². The molecule has 25 heavy (non-hydrogen) atoms. The van der Waals surface area contributed by atoms with Crippen molar-refractivity contribution in [1.29, 1.82) is 0 Å². The Morgan fingerprint density at radius 3 is 2.60 bits per heavy atom. The lowest BCUT2D eigenvalue weighted by Crippen LogP contribution is -2.44. The molecule has 0 aromatic heterocycles. The highest BCUT2D eigenvalue weighted by Crippen LogP contribution is 2.29. The highest BCUT2D eigenvalue weighted by Gasteiger charge is 2.30. The van der Waals surface area contributed by atoms with Crippen molar-refractivity contribution in [3.8, 4) is 0 Å². The van der Waals surface area contributed by atoms with Crippen molar-refractivity contribution in [2.45, 2.75) is 32.5 Å². The van der Waals surface area contributed by atoms with Crippen molar-refractivity contribution >= 4 is 11.9 Å². The van der Waals surface area contributed by atoms with Crippen molar-refractivity contribution in [2.75, 3.05) is 26.2 Å². The summed E-state index contributed by atoms with van der Waals surface area (Å²) in [6.07, 6.45) is -2.32. The van der Waals surface area contributed by atoms with Gasteiger partial charge in [0.15, 0.2) is 5.96 Å². The molecule has 8 heteroatoms. The quantitative estimate of drug-likeness (QED) is 0.629. The summed E-state index contributed by atoms with van der Waals surface area (Å²) in [5.74, 6) is 0.412. The molecule has 2 N–H and O–H groups in total. The van der Waals surface area contributed by atoms with Crippen LogP contribution < -0.4 is 10.6 Å². The van der Waals surface area contributed by atoms with Gasteiger partial charge >= 0.3 is 6.18 Å². The number of nitrogens with one attached hydrogen (secondary N) is 2. The van der Waals surface area contributed by atoms with E-state index < -0.39 is 11.7 Å². The van der Waals surface area contributed by atoms with E-state index in [2.05, 4.69) is 15.6 Å². The number of alkyl halides is 3.